The van der Waals surface area contributed by atoms with Crippen LogP contribution in [0.5, 0.6) is 5.75 Å². The van der Waals surface area contributed by atoms with Crippen LogP contribution >= 0.6 is 0 Å². The van der Waals surface area contributed by atoms with Gasteiger partial charge in [0.15, 0.2) is 0 Å². The fourth-order valence-corrected chi connectivity index (χ4v) is 2.09. The van der Waals surface area contributed by atoms with E-state index in [1.165, 1.54) is 0 Å². The molecule has 0 fully saturated rings. The molecule has 0 radical (unpaired) electrons. The van der Waals surface area contributed by atoms with Crippen molar-refractivity contribution in [1.82, 2.24) is 14.5 Å². The number of nitrogens with zero attached hydrogens (tertiary/aromatic N) is 2. The maximum Gasteiger partial charge on any atom is 0.355 e. The van der Waals surface area contributed by atoms with Crippen LogP contribution in [0.4, 0.5) is 5.95 Å². The highest BCUT2D eigenvalue weighted by Crippen LogP contribution is 2.24. The molecule has 0 aliphatic heterocycles. The average Bonchev–Trinajstić information content (AvgIpc) is 2.37. The Bertz CT molecular complexity index is 717. The highest BCUT2D eigenvalue weighted by molar-refractivity contribution is 5.38. The monoisotopic (exact) mass is 290 g/mol. The Morgan fingerprint density at radius 2 is 1.90 bits per heavy atom. The maximum absolute atomic E-state index is 11.9. The number of H-pyrrole nitrogens is 1. The molecule has 7 heteroatoms. The quantitative estimate of drug-likeness (QED) is 0.790. The summed E-state index contributed by atoms with van der Waals surface area (Å²) in [5.74, 6) is 0.216. The molecule has 0 aliphatic carbocycles. The number of hydrogen-bond donors (Lipinski definition) is 3. The Morgan fingerprint density at radius 1 is 1.24 bits per heavy atom. The van der Waals surface area contributed by atoms with Crippen LogP contribution in [0, 0.1) is 0 Å². The van der Waals surface area contributed by atoms with E-state index in [0.29, 0.717) is 5.56 Å². The Morgan fingerprint density at radius 3 is 2.48 bits per heavy atom. The highest BCUT2D eigenvalue weighted by atomic mass is 16.3. The second-order valence-electron chi connectivity index (χ2n) is 5.06. The molecule has 1 heterocycles. The number of aromatic nitrogens is 3. The lowest BCUT2D eigenvalue weighted by Gasteiger charge is -2.16. The summed E-state index contributed by atoms with van der Waals surface area (Å²) in [7, 11) is 0. The van der Waals surface area contributed by atoms with E-state index >= 15 is 0 Å². The molecule has 2 aromatic rings. The van der Waals surface area contributed by atoms with Crippen LogP contribution in [0.25, 0.3) is 0 Å². The van der Waals surface area contributed by atoms with Gasteiger partial charge in [0, 0.05) is 11.6 Å². The van der Waals surface area contributed by atoms with Crippen molar-refractivity contribution < 1.29 is 5.11 Å². The second-order valence-corrected chi connectivity index (χ2v) is 5.06. The van der Waals surface area contributed by atoms with Gasteiger partial charge in [-0.15, -0.1) is 0 Å². The summed E-state index contributed by atoms with van der Waals surface area (Å²) in [4.78, 5) is 30.0. The van der Waals surface area contributed by atoms with Gasteiger partial charge in [0.2, 0.25) is 5.95 Å². The summed E-state index contributed by atoms with van der Waals surface area (Å²) >= 11 is 0. The number of phenolic OH excluding ortho intramolecular Hbond substituents is 1. The predicted molar refractivity (Wildman–Crippen MR) is 79.6 cm³/mol. The Labute approximate surface area is 121 Å². The summed E-state index contributed by atoms with van der Waals surface area (Å²) in [6.07, 6.45) is 0. The van der Waals surface area contributed by atoms with E-state index in [1.807, 2.05) is 0 Å². The standard InChI is InChI=1S/C14H18N4O3/c1-8(2)18-13(20)16-12(17-14(18)21)15-9(3)10-6-4-5-7-11(10)19/h4-9,19H,1-3H3,(H2,15,16,17,20,21). The van der Waals surface area contributed by atoms with Crippen molar-refractivity contribution in [3.05, 3.63) is 50.8 Å². The Hall–Kier alpha value is -2.57. The summed E-state index contributed by atoms with van der Waals surface area (Å²) < 4.78 is 1.04. The molecule has 2 rings (SSSR count). The van der Waals surface area contributed by atoms with Crippen LogP contribution < -0.4 is 16.7 Å². The number of benzene rings is 1. The van der Waals surface area contributed by atoms with E-state index in [0.717, 1.165) is 4.57 Å². The number of aromatic hydroxyl groups is 1. The van der Waals surface area contributed by atoms with E-state index in [-0.39, 0.29) is 23.8 Å². The molecule has 1 unspecified atom stereocenters. The molecule has 1 atom stereocenters. The number of nitrogens with one attached hydrogen (secondary N) is 2. The lowest BCUT2D eigenvalue weighted by atomic mass is 10.1. The molecular formula is C14H18N4O3. The van der Waals surface area contributed by atoms with Crippen molar-refractivity contribution in [2.45, 2.75) is 32.9 Å². The van der Waals surface area contributed by atoms with Crippen molar-refractivity contribution in [3.8, 4) is 5.75 Å². The first-order valence-corrected chi connectivity index (χ1v) is 6.67. The molecule has 1 aromatic carbocycles. The molecule has 21 heavy (non-hydrogen) atoms. The lowest BCUT2D eigenvalue weighted by molar-refractivity contribution is 0.465. The first-order chi connectivity index (χ1) is 9.90. The van der Waals surface area contributed by atoms with Gasteiger partial charge in [-0.2, -0.15) is 4.98 Å². The van der Waals surface area contributed by atoms with Gasteiger partial charge >= 0.3 is 11.4 Å². The number of anilines is 1. The third-order valence-electron chi connectivity index (χ3n) is 3.13. The number of hydrogen-bond acceptors (Lipinski definition) is 5. The van der Waals surface area contributed by atoms with Crippen molar-refractivity contribution in [2.75, 3.05) is 5.32 Å². The number of para-hydroxylation sites is 1. The number of aromatic amines is 1. The van der Waals surface area contributed by atoms with Gasteiger partial charge in [-0.05, 0) is 26.8 Å². The van der Waals surface area contributed by atoms with Crippen molar-refractivity contribution in [2.24, 2.45) is 0 Å². The molecule has 0 spiro atoms. The highest BCUT2D eigenvalue weighted by Gasteiger charge is 2.13. The molecule has 0 bridgehead atoms. The van der Waals surface area contributed by atoms with E-state index in [4.69, 9.17) is 0 Å². The molecule has 0 saturated heterocycles. The van der Waals surface area contributed by atoms with Crippen LogP contribution in [0.1, 0.15) is 38.4 Å². The van der Waals surface area contributed by atoms with E-state index in [1.54, 1.807) is 45.0 Å². The third kappa shape index (κ3) is 3.13. The van der Waals surface area contributed by atoms with Crippen LogP contribution in [-0.2, 0) is 0 Å². The maximum atomic E-state index is 11.9. The van der Waals surface area contributed by atoms with Crippen LogP contribution in [0.3, 0.4) is 0 Å². The Balaban J connectivity index is 2.31. The minimum absolute atomic E-state index is 0.0812. The smallest absolute Gasteiger partial charge is 0.355 e. The predicted octanol–water partition coefficient (Wildman–Crippen LogP) is 1.39. The zero-order valence-corrected chi connectivity index (χ0v) is 12.1. The average molecular weight is 290 g/mol. The van der Waals surface area contributed by atoms with Gasteiger partial charge in [-0.3, -0.25) is 4.98 Å². The normalized spacial score (nSPS) is 12.4. The zero-order chi connectivity index (χ0) is 15.6. The first kappa shape index (κ1) is 14.8. The van der Waals surface area contributed by atoms with Gasteiger partial charge in [-0.25, -0.2) is 14.2 Å². The van der Waals surface area contributed by atoms with Crippen molar-refractivity contribution in [3.63, 3.8) is 0 Å². The van der Waals surface area contributed by atoms with Gasteiger partial charge in [0.05, 0.1) is 6.04 Å². The molecule has 7 nitrogen and oxygen atoms in total. The SMILES string of the molecule is CC(Nc1nc(=O)n(C(C)C)c(=O)[nH]1)c1ccccc1O. The molecule has 112 valence electrons. The fourth-order valence-electron chi connectivity index (χ4n) is 2.09. The van der Waals surface area contributed by atoms with Crippen molar-refractivity contribution in [1.29, 1.82) is 0 Å². The topological polar surface area (TPSA) is 100 Å². The summed E-state index contributed by atoms with van der Waals surface area (Å²) in [5, 5.41) is 12.7. The molecule has 3 N–H and O–H groups in total. The minimum atomic E-state index is -0.610. The Kier molecular flexibility index (Phi) is 4.11. The number of phenols is 1. The minimum Gasteiger partial charge on any atom is -0.508 e. The summed E-state index contributed by atoms with van der Waals surface area (Å²) in [6, 6.07) is 6.25. The lowest BCUT2D eigenvalue weighted by Crippen LogP contribution is -2.39. The number of rotatable bonds is 4. The third-order valence-corrected chi connectivity index (χ3v) is 3.13. The summed E-state index contributed by atoms with van der Waals surface area (Å²) in [5.41, 5.74) is -0.481. The van der Waals surface area contributed by atoms with Crippen LogP contribution in [0.2, 0.25) is 0 Å². The molecule has 0 aliphatic rings. The van der Waals surface area contributed by atoms with E-state index < -0.39 is 11.4 Å². The van der Waals surface area contributed by atoms with Gasteiger partial charge < -0.3 is 10.4 Å². The largest absolute Gasteiger partial charge is 0.508 e. The van der Waals surface area contributed by atoms with E-state index in [9.17, 15) is 14.7 Å². The van der Waals surface area contributed by atoms with Crippen LogP contribution in [-0.4, -0.2) is 19.6 Å². The zero-order valence-electron chi connectivity index (χ0n) is 12.1. The molecule has 1 aromatic heterocycles. The van der Waals surface area contributed by atoms with Gasteiger partial charge in [0.25, 0.3) is 0 Å². The van der Waals surface area contributed by atoms with E-state index in [2.05, 4.69) is 15.3 Å². The van der Waals surface area contributed by atoms with Crippen LogP contribution in [0.15, 0.2) is 33.9 Å². The van der Waals surface area contributed by atoms with Crippen molar-refractivity contribution >= 4 is 5.95 Å². The first-order valence-electron chi connectivity index (χ1n) is 6.67. The summed E-state index contributed by atoms with van der Waals surface area (Å²) in [6.45, 7) is 5.26. The molecular weight excluding hydrogens is 272 g/mol. The fraction of sp³-hybridized carbons (Fsp3) is 0.357. The second kappa shape index (κ2) is 5.82. The van der Waals surface area contributed by atoms with Gasteiger partial charge in [-0.1, -0.05) is 18.2 Å². The molecule has 0 amide bonds. The molecule has 0 saturated carbocycles. The van der Waals surface area contributed by atoms with Gasteiger partial charge in [0.1, 0.15) is 5.75 Å².